The zero-order chi connectivity index (χ0) is 15.5. The van der Waals surface area contributed by atoms with E-state index < -0.39 is 0 Å². The SMILES string of the molecule is COCC(=O)NC1CCc2onc(C(=O)N3CCCC3)c2C1. The molecule has 1 atom stereocenters. The molecule has 1 fully saturated rings. The van der Waals surface area contributed by atoms with Crippen molar-refractivity contribution in [3.8, 4) is 0 Å². The average molecular weight is 307 g/mol. The van der Waals surface area contributed by atoms with Crippen LogP contribution in [0.2, 0.25) is 0 Å². The molecule has 2 amide bonds. The third-order valence-corrected chi connectivity index (χ3v) is 4.28. The molecule has 1 aromatic heterocycles. The summed E-state index contributed by atoms with van der Waals surface area (Å²) in [6.07, 6.45) is 4.15. The molecular formula is C15H21N3O4. The molecule has 22 heavy (non-hydrogen) atoms. The Morgan fingerprint density at radius 3 is 2.91 bits per heavy atom. The quantitative estimate of drug-likeness (QED) is 0.877. The van der Waals surface area contributed by atoms with Gasteiger partial charge in [0.25, 0.3) is 5.91 Å². The predicted molar refractivity (Wildman–Crippen MR) is 77.5 cm³/mol. The van der Waals surface area contributed by atoms with Crippen molar-refractivity contribution in [2.45, 2.75) is 38.1 Å². The lowest BCUT2D eigenvalue weighted by Gasteiger charge is -2.23. The molecule has 2 aliphatic rings. The van der Waals surface area contributed by atoms with E-state index in [1.54, 1.807) is 0 Å². The molecular weight excluding hydrogens is 286 g/mol. The zero-order valence-electron chi connectivity index (χ0n) is 12.8. The number of carbonyl (C=O) groups is 2. The summed E-state index contributed by atoms with van der Waals surface area (Å²) in [7, 11) is 1.49. The second kappa shape index (κ2) is 6.48. The van der Waals surface area contributed by atoms with Crippen LogP contribution >= 0.6 is 0 Å². The van der Waals surface area contributed by atoms with Crippen LogP contribution in [0, 0.1) is 0 Å². The Labute approximate surface area is 129 Å². The highest BCUT2D eigenvalue weighted by atomic mass is 16.5. The van der Waals surface area contributed by atoms with E-state index in [2.05, 4.69) is 10.5 Å². The van der Waals surface area contributed by atoms with Gasteiger partial charge in [-0.15, -0.1) is 0 Å². The summed E-state index contributed by atoms with van der Waals surface area (Å²) in [6.45, 7) is 1.62. The Hall–Kier alpha value is -1.89. The Balaban J connectivity index is 1.71. The van der Waals surface area contributed by atoms with E-state index in [-0.39, 0.29) is 24.5 Å². The van der Waals surface area contributed by atoms with Crippen molar-refractivity contribution >= 4 is 11.8 Å². The van der Waals surface area contributed by atoms with Gasteiger partial charge in [-0.3, -0.25) is 9.59 Å². The van der Waals surface area contributed by atoms with Gasteiger partial charge in [0.2, 0.25) is 5.91 Å². The largest absolute Gasteiger partial charge is 0.375 e. The van der Waals surface area contributed by atoms with Crippen LogP contribution in [0.25, 0.3) is 0 Å². The van der Waals surface area contributed by atoms with Crippen LogP contribution in [0.15, 0.2) is 4.52 Å². The lowest BCUT2D eigenvalue weighted by molar-refractivity contribution is -0.125. The fourth-order valence-electron chi connectivity index (χ4n) is 3.17. The van der Waals surface area contributed by atoms with Gasteiger partial charge in [-0.1, -0.05) is 5.16 Å². The Kier molecular flexibility index (Phi) is 4.42. The summed E-state index contributed by atoms with van der Waals surface area (Å²) in [6, 6.07) is -0.000298. The van der Waals surface area contributed by atoms with Crippen LogP contribution in [0.3, 0.4) is 0 Å². The van der Waals surface area contributed by atoms with Crippen LogP contribution < -0.4 is 5.32 Å². The molecule has 0 bridgehead atoms. The molecule has 1 saturated heterocycles. The maximum absolute atomic E-state index is 12.5. The molecule has 120 valence electrons. The number of carbonyl (C=O) groups excluding carboxylic acids is 2. The first-order chi connectivity index (χ1) is 10.7. The van der Waals surface area contributed by atoms with Crippen LogP contribution in [-0.4, -0.2) is 54.7 Å². The molecule has 0 saturated carbocycles. The van der Waals surface area contributed by atoms with Crippen molar-refractivity contribution < 1.29 is 18.8 Å². The lowest BCUT2D eigenvalue weighted by atomic mass is 9.91. The number of fused-ring (bicyclic) bond motifs is 1. The third kappa shape index (κ3) is 2.99. The molecule has 1 aliphatic carbocycles. The van der Waals surface area contributed by atoms with E-state index in [1.807, 2.05) is 4.90 Å². The van der Waals surface area contributed by atoms with Gasteiger partial charge >= 0.3 is 0 Å². The number of hydrogen-bond donors (Lipinski definition) is 1. The van der Waals surface area contributed by atoms with Crippen molar-refractivity contribution in [2.24, 2.45) is 0 Å². The number of hydrogen-bond acceptors (Lipinski definition) is 5. The number of amides is 2. The molecule has 1 N–H and O–H groups in total. The summed E-state index contributed by atoms with van der Waals surface area (Å²) in [5.41, 5.74) is 1.27. The second-order valence-electron chi connectivity index (χ2n) is 5.87. The Morgan fingerprint density at radius 2 is 2.18 bits per heavy atom. The number of ether oxygens (including phenoxy) is 1. The molecule has 1 unspecified atom stereocenters. The Bertz CT molecular complexity index is 563. The highest BCUT2D eigenvalue weighted by Gasteiger charge is 2.32. The summed E-state index contributed by atoms with van der Waals surface area (Å²) < 4.78 is 10.2. The van der Waals surface area contributed by atoms with Gasteiger partial charge < -0.3 is 19.5 Å². The van der Waals surface area contributed by atoms with Crippen molar-refractivity contribution in [3.05, 3.63) is 17.0 Å². The standard InChI is InChI=1S/C15H21N3O4/c1-21-9-13(19)16-10-4-5-12-11(8-10)14(17-22-12)15(20)18-6-2-3-7-18/h10H,2-9H2,1H3,(H,16,19). The maximum Gasteiger partial charge on any atom is 0.276 e. The first kappa shape index (κ1) is 15.0. The first-order valence-electron chi connectivity index (χ1n) is 7.74. The number of nitrogens with one attached hydrogen (secondary N) is 1. The average Bonchev–Trinajstić information content (AvgIpc) is 3.16. The zero-order valence-corrected chi connectivity index (χ0v) is 12.8. The van der Waals surface area contributed by atoms with Gasteiger partial charge in [0.15, 0.2) is 5.69 Å². The minimum Gasteiger partial charge on any atom is -0.375 e. The third-order valence-electron chi connectivity index (χ3n) is 4.28. The minimum absolute atomic E-state index is 0.000298. The Morgan fingerprint density at radius 1 is 1.41 bits per heavy atom. The van der Waals surface area contributed by atoms with E-state index in [9.17, 15) is 9.59 Å². The molecule has 3 rings (SSSR count). The summed E-state index contributed by atoms with van der Waals surface area (Å²) in [5, 5.41) is 6.92. The van der Waals surface area contributed by atoms with Crippen molar-refractivity contribution in [2.75, 3.05) is 26.8 Å². The molecule has 7 nitrogen and oxygen atoms in total. The molecule has 0 aromatic carbocycles. The van der Waals surface area contributed by atoms with E-state index in [4.69, 9.17) is 9.26 Å². The van der Waals surface area contributed by atoms with E-state index in [0.717, 1.165) is 43.7 Å². The highest BCUT2D eigenvalue weighted by Crippen LogP contribution is 2.26. The molecule has 2 heterocycles. The van der Waals surface area contributed by atoms with Crippen molar-refractivity contribution in [1.29, 1.82) is 0 Å². The van der Waals surface area contributed by atoms with Crippen LogP contribution in [0.1, 0.15) is 41.1 Å². The second-order valence-corrected chi connectivity index (χ2v) is 5.87. The fraction of sp³-hybridized carbons (Fsp3) is 0.667. The van der Waals surface area contributed by atoms with Crippen LogP contribution in [0.5, 0.6) is 0 Å². The number of likely N-dealkylation sites (tertiary alicyclic amines) is 1. The van der Waals surface area contributed by atoms with Gasteiger partial charge in [-0.25, -0.2) is 0 Å². The molecule has 1 aromatic rings. The number of aromatic nitrogens is 1. The first-order valence-corrected chi connectivity index (χ1v) is 7.74. The minimum atomic E-state index is -0.139. The number of nitrogens with zero attached hydrogens (tertiary/aromatic N) is 2. The van der Waals surface area contributed by atoms with Gasteiger partial charge in [0.05, 0.1) is 0 Å². The van der Waals surface area contributed by atoms with Gasteiger partial charge in [0, 0.05) is 38.2 Å². The van der Waals surface area contributed by atoms with Gasteiger partial charge in [0.1, 0.15) is 12.4 Å². The number of aryl methyl sites for hydroxylation is 1. The highest BCUT2D eigenvalue weighted by molar-refractivity contribution is 5.94. The van der Waals surface area contributed by atoms with E-state index in [0.29, 0.717) is 18.5 Å². The van der Waals surface area contributed by atoms with Crippen LogP contribution in [0.4, 0.5) is 0 Å². The van der Waals surface area contributed by atoms with E-state index >= 15 is 0 Å². The van der Waals surface area contributed by atoms with E-state index in [1.165, 1.54) is 7.11 Å². The maximum atomic E-state index is 12.5. The fourth-order valence-corrected chi connectivity index (χ4v) is 3.17. The topological polar surface area (TPSA) is 84.7 Å². The molecule has 0 radical (unpaired) electrons. The van der Waals surface area contributed by atoms with Crippen molar-refractivity contribution in [3.63, 3.8) is 0 Å². The number of methoxy groups -OCH3 is 1. The van der Waals surface area contributed by atoms with Gasteiger partial charge in [-0.05, 0) is 25.7 Å². The predicted octanol–water partition coefficient (Wildman–Crippen LogP) is 0.530. The smallest absolute Gasteiger partial charge is 0.276 e. The normalized spacial score (nSPS) is 20.8. The summed E-state index contributed by atoms with van der Waals surface area (Å²) >= 11 is 0. The molecule has 0 spiro atoms. The van der Waals surface area contributed by atoms with Crippen molar-refractivity contribution in [1.82, 2.24) is 15.4 Å². The molecule has 1 aliphatic heterocycles. The number of rotatable bonds is 4. The summed E-state index contributed by atoms with van der Waals surface area (Å²) in [5.74, 6) is 0.589. The monoisotopic (exact) mass is 307 g/mol. The summed E-state index contributed by atoms with van der Waals surface area (Å²) in [4.78, 5) is 26.0. The van der Waals surface area contributed by atoms with Gasteiger partial charge in [-0.2, -0.15) is 0 Å². The lowest BCUT2D eigenvalue weighted by Crippen LogP contribution is -2.41. The van der Waals surface area contributed by atoms with Crippen LogP contribution in [-0.2, 0) is 22.4 Å². The molecule has 7 heteroatoms.